The molecule has 0 bridgehead atoms. The van der Waals surface area contributed by atoms with Crippen LogP contribution in [0.1, 0.15) is 36.9 Å². The van der Waals surface area contributed by atoms with E-state index < -0.39 is 0 Å². The van der Waals surface area contributed by atoms with Gasteiger partial charge in [-0.1, -0.05) is 48.2 Å². The molecule has 7 heteroatoms. The molecule has 1 N–H and O–H groups in total. The number of hydrogen-bond acceptors (Lipinski definition) is 5. The lowest BCUT2D eigenvalue weighted by Gasteiger charge is -2.27. The number of nitrogens with zero attached hydrogens (tertiary/aromatic N) is 3. The van der Waals surface area contributed by atoms with Crippen LogP contribution in [0.3, 0.4) is 0 Å². The molecule has 0 saturated heterocycles. The first kappa shape index (κ1) is 19.5. The third kappa shape index (κ3) is 4.15. The number of carbonyl (C=O) groups excluding carboxylic acids is 1. The third-order valence-electron chi connectivity index (χ3n) is 5.20. The summed E-state index contributed by atoms with van der Waals surface area (Å²) in [6, 6.07) is 16.1. The largest absolute Gasteiger partial charge is 0.495 e. The molecule has 1 aromatic heterocycles. The van der Waals surface area contributed by atoms with E-state index in [0.717, 1.165) is 30.7 Å². The molecule has 1 heterocycles. The summed E-state index contributed by atoms with van der Waals surface area (Å²) in [7, 11) is 1.63. The Labute approximate surface area is 174 Å². The van der Waals surface area contributed by atoms with Crippen LogP contribution < -0.4 is 10.1 Å². The van der Waals surface area contributed by atoms with Crippen LogP contribution in [0, 0.1) is 0 Å². The summed E-state index contributed by atoms with van der Waals surface area (Å²) >= 11 is 1.39. The van der Waals surface area contributed by atoms with Crippen molar-refractivity contribution in [1.82, 2.24) is 20.1 Å². The van der Waals surface area contributed by atoms with Crippen molar-refractivity contribution >= 4 is 17.7 Å². The zero-order chi connectivity index (χ0) is 20.2. The van der Waals surface area contributed by atoms with Gasteiger partial charge in [0.2, 0.25) is 5.91 Å². The van der Waals surface area contributed by atoms with Gasteiger partial charge in [-0.25, -0.2) is 0 Å². The monoisotopic (exact) mass is 408 g/mol. The number of methoxy groups -OCH3 is 1. The molecule has 150 valence electrons. The Morgan fingerprint density at radius 1 is 1.24 bits per heavy atom. The molecule has 1 aliphatic carbocycles. The van der Waals surface area contributed by atoms with Gasteiger partial charge in [0.25, 0.3) is 0 Å². The van der Waals surface area contributed by atoms with Crippen LogP contribution in [-0.4, -0.2) is 33.0 Å². The van der Waals surface area contributed by atoms with Gasteiger partial charge in [0.05, 0.1) is 24.1 Å². The Kier molecular flexibility index (Phi) is 5.85. The van der Waals surface area contributed by atoms with E-state index in [4.69, 9.17) is 4.74 Å². The summed E-state index contributed by atoms with van der Waals surface area (Å²) in [5.74, 6) is 0.733. The normalized spacial score (nSPS) is 16.7. The van der Waals surface area contributed by atoms with Crippen molar-refractivity contribution < 1.29 is 9.53 Å². The van der Waals surface area contributed by atoms with Gasteiger partial charge in [0.1, 0.15) is 12.1 Å². The predicted octanol–water partition coefficient (Wildman–Crippen LogP) is 3.95. The second-order valence-electron chi connectivity index (χ2n) is 7.07. The van der Waals surface area contributed by atoms with E-state index in [0.29, 0.717) is 5.16 Å². The highest BCUT2D eigenvalue weighted by Gasteiger charge is 2.25. The molecule has 2 aromatic carbocycles. The first-order chi connectivity index (χ1) is 14.2. The molecule has 3 aromatic rings. The molecule has 0 saturated carbocycles. The van der Waals surface area contributed by atoms with Crippen molar-refractivity contribution in [2.75, 3.05) is 7.11 Å². The Morgan fingerprint density at radius 3 is 2.90 bits per heavy atom. The summed E-state index contributed by atoms with van der Waals surface area (Å²) in [6.07, 6.45) is 4.78. The van der Waals surface area contributed by atoms with Gasteiger partial charge < -0.3 is 10.1 Å². The van der Waals surface area contributed by atoms with Crippen LogP contribution in [-0.2, 0) is 11.2 Å². The molecular formula is C22H24N4O2S. The fourth-order valence-corrected chi connectivity index (χ4v) is 4.55. The summed E-state index contributed by atoms with van der Waals surface area (Å²) in [5, 5.41) is 11.8. The molecule has 2 atom stereocenters. The van der Waals surface area contributed by atoms with Gasteiger partial charge in [0, 0.05) is 0 Å². The van der Waals surface area contributed by atoms with Crippen molar-refractivity contribution in [3.05, 3.63) is 66.0 Å². The average Bonchev–Trinajstić information content (AvgIpc) is 3.21. The van der Waals surface area contributed by atoms with Crippen LogP contribution in [0.5, 0.6) is 5.75 Å². The number of benzene rings is 2. The summed E-state index contributed by atoms with van der Waals surface area (Å²) in [6.45, 7) is 1.90. The quantitative estimate of drug-likeness (QED) is 0.626. The highest BCUT2D eigenvalue weighted by Crippen LogP contribution is 2.31. The van der Waals surface area contributed by atoms with E-state index >= 15 is 0 Å². The number of rotatable bonds is 6. The molecule has 1 amide bonds. The minimum Gasteiger partial charge on any atom is -0.495 e. The van der Waals surface area contributed by atoms with Gasteiger partial charge >= 0.3 is 0 Å². The lowest BCUT2D eigenvalue weighted by Crippen LogP contribution is -2.36. The average molecular weight is 409 g/mol. The Morgan fingerprint density at radius 2 is 2.03 bits per heavy atom. The van der Waals surface area contributed by atoms with Gasteiger partial charge in [-0.15, -0.1) is 10.2 Å². The zero-order valence-corrected chi connectivity index (χ0v) is 17.4. The lowest BCUT2D eigenvalue weighted by molar-refractivity contribution is -0.121. The standard InChI is InChI=1S/C22H24N4O2S/c1-15(21(27)24-18-11-7-9-16-8-3-4-10-17(16)18)29-22-25-23-14-26(22)19-12-5-6-13-20(19)28-2/h3-6,8,10,12-15,18H,7,9,11H2,1-2H3,(H,24,27)/t15-,18-/m1/s1. The number of carbonyl (C=O) groups is 1. The highest BCUT2D eigenvalue weighted by atomic mass is 32.2. The predicted molar refractivity (Wildman–Crippen MR) is 113 cm³/mol. The molecule has 0 unspecified atom stereocenters. The number of para-hydroxylation sites is 2. The van der Waals surface area contributed by atoms with Crippen LogP contribution in [0.2, 0.25) is 0 Å². The van der Waals surface area contributed by atoms with Crippen LogP contribution in [0.25, 0.3) is 5.69 Å². The molecule has 0 fully saturated rings. The maximum atomic E-state index is 12.9. The number of nitrogens with one attached hydrogen (secondary N) is 1. The Hall–Kier alpha value is -2.80. The number of ether oxygens (including phenoxy) is 1. The first-order valence-corrected chi connectivity index (χ1v) is 10.6. The van der Waals surface area contributed by atoms with Gasteiger partial charge in [0.15, 0.2) is 5.16 Å². The topological polar surface area (TPSA) is 69.0 Å². The number of aryl methyl sites for hydroxylation is 1. The van der Waals surface area contributed by atoms with Gasteiger partial charge in [-0.2, -0.15) is 0 Å². The first-order valence-electron chi connectivity index (χ1n) is 9.75. The molecule has 0 radical (unpaired) electrons. The molecule has 29 heavy (non-hydrogen) atoms. The zero-order valence-electron chi connectivity index (χ0n) is 16.5. The molecule has 0 aliphatic heterocycles. The fraction of sp³-hybridized carbons (Fsp3) is 0.318. The maximum absolute atomic E-state index is 12.9. The smallest absolute Gasteiger partial charge is 0.233 e. The summed E-state index contributed by atoms with van der Waals surface area (Å²) < 4.78 is 7.30. The van der Waals surface area contributed by atoms with E-state index in [1.54, 1.807) is 13.4 Å². The maximum Gasteiger partial charge on any atom is 0.233 e. The third-order valence-corrected chi connectivity index (χ3v) is 6.26. The lowest BCUT2D eigenvalue weighted by atomic mass is 9.88. The van der Waals surface area contributed by atoms with Gasteiger partial charge in [-0.05, 0) is 49.4 Å². The van der Waals surface area contributed by atoms with Crippen LogP contribution in [0.15, 0.2) is 60.0 Å². The Balaban J connectivity index is 1.48. The van der Waals surface area contributed by atoms with Crippen LogP contribution in [0.4, 0.5) is 0 Å². The molecule has 4 rings (SSSR count). The number of thioether (sulfide) groups is 1. The van der Waals surface area contributed by atoms with Gasteiger partial charge in [-0.3, -0.25) is 9.36 Å². The van der Waals surface area contributed by atoms with E-state index in [-0.39, 0.29) is 17.2 Å². The number of hydrogen-bond donors (Lipinski definition) is 1. The SMILES string of the molecule is COc1ccccc1-n1cnnc1S[C@H](C)C(=O)N[C@@H]1CCCc2ccccc21. The summed E-state index contributed by atoms with van der Waals surface area (Å²) in [4.78, 5) is 12.9. The van der Waals surface area contributed by atoms with E-state index in [1.165, 1.54) is 22.9 Å². The van der Waals surface area contributed by atoms with Crippen molar-refractivity contribution in [3.63, 3.8) is 0 Å². The van der Waals surface area contributed by atoms with E-state index in [2.05, 4.69) is 33.7 Å². The molecule has 6 nitrogen and oxygen atoms in total. The molecule has 0 spiro atoms. The van der Waals surface area contributed by atoms with Crippen molar-refractivity contribution in [2.45, 2.75) is 42.6 Å². The number of amides is 1. The fourth-order valence-electron chi connectivity index (χ4n) is 3.70. The van der Waals surface area contributed by atoms with Crippen molar-refractivity contribution in [2.24, 2.45) is 0 Å². The van der Waals surface area contributed by atoms with Crippen molar-refractivity contribution in [3.8, 4) is 11.4 Å². The highest BCUT2D eigenvalue weighted by molar-refractivity contribution is 8.00. The Bertz CT molecular complexity index is 1000. The second kappa shape index (κ2) is 8.69. The van der Waals surface area contributed by atoms with E-state index in [9.17, 15) is 4.79 Å². The number of fused-ring (bicyclic) bond motifs is 1. The minimum absolute atomic E-state index is 0.00581. The second-order valence-corrected chi connectivity index (χ2v) is 8.38. The molecular weight excluding hydrogens is 384 g/mol. The van der Waals surface area contributed by atoms with Crippen molar-refractivity contribution in [1.29, 1.82) is 0 Å². The number of aromatic nitrogens is 3. The summed E-state index contributed by atoms with van der Waals surface area (Å²) in [5.41, 5.74) is 3.41. The minimum atomic E-state index is -0.304. The van der Waals surface area contributed by atoms with Crippen LogP contribution >= 0.6 is 11.8 Å². The van der Waals surface area contributed by atoms with E-state index in [1.807, 2.05) is 41.8 Å². The molecule has 1 aliphatic rings.